The minimum absolute atomic E-state index is 0.619. The number of rotatable bonds is 9. The lowest BCUT2D eigenvalue weighted by atomic mass is 9.94. The molecule has 2 nitrogen and oxygen atoms in total. The molecule has 0 saturated heterocycles. The molecule has 0 aliphatic heterocycles. The zero-order valence-electron chi connectivity index (χ0n) is 16.0. The fraction of sp³-hybridized carbons (Fsp3) is 0.591. The van der Waals surface area contributed by atoms with E-state index in [1.807, 2.05) is 12.4 Å². The van der Waals surface area contributed by atoms with Gasteiger partial charge in [0.15, 0.2) is 0 Å². The Kier molecular flexibility index (Phi) is 7.55. The molecule has 132 valence electrons. The molecule has 0 bridgehead atoms. The van der Waals surface area contributed by atoms with E-state index in [1.54, 1.807) is 0 Å². The summed E-state index contributed by atoms with van der Waals surface area (Å²) in [5.74, 6) is 0.714. The molecule has 0 amide bonds. The summed E-state index contributed by atoms with van der Waals surface area (Å²) >= 11 is 0. The Bertz CT molecular complexity index is 553. The van der Waals surface area contributed by atoms with Gasteiger partial charge in [-0.25, -0.2) is 0 Å². The SMILES string of the molecule is CCCC(CCC)N(Cc1cnccc1C)C1=CCC(CC)C=C1. The minimum Gasteiger partial charge on any atom is -0.364 e. The van der Waals surface area contributed by atoms with Crippen LogP contribution >= 0.6 is 0 Å². The van der Waals surface area contributed by atoms with E-state index in [-0.39, 0.29) is 0 Å². The fourth-order valence-corrected chi connectivity index (χ4v) is 3.57. The van der Waals surface area contributed by atoms with Crippen LogP contribution in [0.4, 0.5) is 0 Å². The Balaban J connectivity index is 2.25. The molecule has 1 heterocycles. The summed E-state index contributed by atoms with van der Waals surface area (Å²) in [5, 5.41) is 0. The number of hydrogen-bond donors (Lipinski definition) is 0. The first-order valence-electron chi connectivity index (χ1n) is 9.74. The van der Waals surface area contributed by atoms with E-state index < -0.39 is 0 Å². The lowest BCUT2D eigenvalue weighted by Crippen LogP contribution is -2.34. The third-order valence-electron chi connectivity index (χ3n) is 5.20. The van der Waals surface area contributed by atoms with Gasteiger partial charge >= 0.3 is 0 Å². The molecule has 1 aromatic heterocycles. The molecule has 0 aromatic carbocycles. The van der Waals surface area contributed by atoms with Crippen LogP contribution in [0, 0.1) is 12.8 Å². The van der Waals surface area contributed by atoms with Crippen LogP contribution in [-0.2, 0) is 6.54 Å². The number of pyridine rings is 1. The van der Waals surface area contributed by atoms with Crippen LogP contribution in [0.2, 0.25) is 0 Å². The topological polar surface area (TPSA) is 16.1 Å². The predicted octanol–water partition coefficient (Wildman–Crippen LogP) is 6.03. The van der Waals surface area contributed by atoms with Gasteiger partial charge < -0.3 is 4.90 Å². The van der Waals surface area contributed by atoms with E-state index in [4.69, 9.17) is 0 Å². The van der Waals surface area contributed by atoms with Crippen molar-refractivity contribution >= 4 is 0 Å². The van der Waals surface area contributed by atoms with Crippen LogP contribution in [0.3, 0.4) is 0 Å². The monoisotopic (exact) mass is 326 g/mol. The van der Waals surface area contributed by atoms with E-state index >= 15 is 0 Å². The van der Waals surface area contributed by atoms with Crippen molar-refractivity contribution in [3.05, 3.63) is 53.5 Å². The van der Waals surface area contributed by atoms with E-state index in [1.165, 1.54) is 55.3 Å². The van der Waals surface area contributed by atoms with Gasteiger partial charge in [-0.3, -0.25) is 4.98 Å². The van der Waals surface area contributed by atoms with E-state index in [2.05, 4.69) is 61.9 Å². The van der Waals surface area contributed by atoms with Crippen molar-refractivity contribution in [1.82, 2.24) is 9.88 Å². The number of nitrogens with zero attached hydrogens (tertiary/aromatic N) is 2. The average molecular weight is 327 g/mol. The zero-order valence-corrected chi connectivity index (χ0v) is 16.0. The molecular formula is C22H34N2. The first-order valence-corrected chi connectivity index (χ1v) is 9.74. The van der Waals surface area contributed by atoms with Crippen molar-refractivity contribution in [3.63, 3.8) is 0 Å². The van der Waals surface area contributed by atoms with Crippen molar-refractivity contribution in [2.45, 2.75) is 78.8 Å². The van der Waals surface area contributed by atoms with Gasteiger partial charge in [-0.05, 0) is 61.8 Å². The van der Waals surface area contributed by atoms with Gasteiger partial charge in [-0.15, -0.1) is 0 Å². The van der Waals surface area contributed by atoms with Crippen LogP contribution < -0.4 is 0 Å². The van der Waals surface area contributed by atoms with E-state index in [9.17, 15) is 0 Å². The number of aromatic nitrogens is 1. The smallest absolute Gasteiger partial charge is 0.0450 e. The highest BCUT2D eigenvalue weighted by Gasteiger charge is 2.21. The molecule has 2 rings (SSSR count). The Morgan fingerprint density at radius 2 is 1.96 bits per heavy atom. The van der Waals surface area contributed by atoms with Gasteiger partial charge in [-0.2, -0.15) is 0 Å². The lowest BCUT2D eigenvalue weighted by Gasteiger charge is -2.36. The molecule has 1 aliphatic carbocycles. The van der Waals surface area contributed by atoms with Crippen molar-refractivity contribution in [3.8, 4) is 0 Å². The molecule has 0 saturated carbocycles. The molecule has 2 heteroatoms. The van der Waals surface area contributed by atoms with Gasteiger partial charge in [-0.1, -0.05) is 45.8 Å². The largest absolute Gasteiger partial charge is 0.364 e. The number of hydrogen-bond acceptors (Lipinski definition) is 2. The second-order valence-corrected chi connectivity index (χ2v) is 7.05. The molecule has 1 aromatic rings. The molecule has 0 fully saturated rings. The van der Waals surface area contributed by atoms with Crippen LogP contribution in [-0.4, -0.2) is 15.9 Å². The molecule has 0 spiro atoms. The number of allylic oxidation sites excluding steroid dienone is 3. The Labute approximate surface area is 148 Å². The maximum atomic E-state index is 4.36. The maximum absolute atomic E-state index is 4.36. The molecular weight excluding hydrogens is 292 g/mol. The quantitative estimate of drug-likeness (QED) is 0.550. The van der Waals surface area contributed by atoms with Crippen LogP contribution in [0.15, 0.2) is 42.4 Å². The van der Waals surface area contributed by atoms with E-state index in [0.717, 1.165) is 6.54 Å². The summed E-state index contributed by atoms with van der Waals surface area (Å²) in [7, 11) is 0. The molecule has 0 radical (unpaired) electrons. The van der Waals surface area contributed by atoms with Gasteiger partial charge in [0.1, 0.15) is 0 Å². The lowest BCUT2D eigenvalue weighted by molar-refractivity contribution is 0.221. The van der Waals surface area contributed by atoms with Crippen molar-refractivity contribution in [2.24, 2.45) is 5.92 Å². The third-order valence-corrected chi connectivity index (χ3v) is 5.20. The minimum atomic E-state index is 0.619. The van der Waals surface area contributed by atoms with Gasteiger partial charge in [0, 0.05) is 30.7 Å². The van der Waals surface area contributed by atoms with E-state index in [0.29, 0.717) is 12.0 Å². The van der Waals surface area contributed by atoms with Crippen molar-refractivity contribution in [1.29, 1.82) is 0 Å². The van der Waals surface area contributed by atoms with Crippen LogP contribution in [0.25, 0.3) is 0 Å². The van der Waals surface area contributed by atoms with Crippen LogP contribution in [0.5, 0.6) is 0 Å². The maximum Gasteiger partial charge on any atom is 0.0450 e. The predicted molar refractivity (Wildman–Crippen MR) is 104 cm³/mol. The van der Waals surface area contributed by atoms with Crippen LogP contribution in [0.1, 0.15) is 70.4 Å². The highest BCUT2D eigenvalue weighted by atomic mass is 15.2. The molecule has 1 atom stereocenters. The van der Waals surface area contributed by atoms with Gasteiger partial charge in [0.25, 0.3) is 0 Å². The summed E-state index contributed by atoms with van der Waals surface area (Å²) in [6.07, 6.45) is 18.6. The summed E-state index contributed by atoms with van der Waals surface area (Å²) in [6.45, 7) is 10.0. The number of aryl methyl sites for hydroxylation is 1. The summed E-state index contributed by atoms with van der Waals surface area (Å²) in [6, 6.07) is 2.74. The summed E-state index contributed by atoms with van der Waals surface area (Å²) in [4.78, 5) is 6.99. The average Bonchev–Trinajstić information content (AvgIpc) is 2.61. The zero-order chi connectivity index (χ0) is 17.4. The first kappa shape index (κ1) is 18.8. The van der Waals surface area contributed by atoms with Gasteiger partial charge in [0.2, 0.25) is 0 Å². The second-order valence-electron chi connectivity index (χ2n) is 7.05. The van der Waals surface area contributed by atoms with Gasteiger partial charge in [0.05, 0.1) is 0 Å². The Morgan fingerprint density at radius 1 is 1.21 bits per heavy atom. The van der Waals surface area contributed by atoms with Crippen molar-refractivity contribution in [2.75, 3.05) is 0 Å². The third kappa shape index (κ3) is 4.96. The van der Waals surface area contributed by atoms with Crippen molar-refractivity contribution < 1.29 is 0 Å². The Morgan fingerprint density at radius 3 is 2.50 bits per heavy atom. The highest BCUT2D eigenvalue weighted by Crippen LogP contribution is 2.28. The molecule has 24 heavy (non-hydrogen) atoms. The highest BCUT2D eigenvalue weighted by molar-refractivity contribution is 5.27. The standard InChI is InChI=1S/C22H34N2/c1-5-8-21(9-6-2)24(17-20-16-23-15-14-18(20)4)22-12-10-19(7-3)11-13-22/h10,12-16,19,21H,5-9,11,17H2,1-4H3. The normalized spacial score (nSPS) is 17.2. The molecule has 1 aliphatic rings. The molecule has 1 unspecified atom stereocenters. The molecule has 0 N–H and O–H groups in total. The summed E-state index contributed by atoms with van der Waals surface area (Å²) < 4.78 is 0. The Hall–Kier alpha value is -1.57. The summed E-state index contributed by atoms with van der Waals surface area (Å²) in [5.41, 5.74) is 4.10. The fourth-order valence-electron chi connectivity index (χ4n) is 3.57. The first-order chi connectivity index (χ1) is 11.7. The second kappa shape index (κ2) is 9.66.